The molecule has 0 amide bonds. The van der Waals surface area contributed by atoms with Gasteiger partial charge in [0.05, 0.1) is 17.7 Å². The van der Waals surface area contributed by atoms with E-state index in [0.717, 1.165) is 11.4 Å². The number of allylic oxidation sites excluding steroid dienone is 2. The fraction of sp³-hybridized carbons (Fsp3) is 0.312. The van der Waals surface area contributed by atoms with Gasteiger partial charge in [0, 0.05) is 17.8 Å². The Kier molecular flexibility index (Phi) is 4.78. The summed E-state index contributed by atoms with van der Waals surface area (Å²) in [5.41, 5.74) is 1.55. The molecule has 2 heterocycles. The Morgan fingerprint density at radius 3 is 2.60 bits per heavy atom. The number of rotatable bonds is 3. The first-order valence-corrected chi connectivity index (χ1v) is 9.37. The molecule has 0 unspecified atom stereocenters. The minimum Gasteiger partial charge on any atom is -0.464 e. The van der Waals surface area contributed by atoms with Crippen molar-refractivity contribution in [1.82, 2.24) is 4.90 Å². The van der Waals surface area contributed by atoms with Gasteiger partial charge in [0.2, 0.25) is 9.37 Å². The number of carbonyl (C=O) groups excluding carboxylic acids is 2. The molecular weight excluding hydrogens is 382 g/mol. The number of hydrogen-bond donors (Lipinski definition) is 0. The maximum atomic E-state index is 12.1. The molecular formula is C16H16ClN3O3S2. The highest BCUT2D eigenvalue weighted by atomic mass is 35.5. The Morgan fingerprint density at radius 2 is 2.04 bits per heavy atom. The Bertz CT molecular complexity index is 827. The molecule has 3 rings (SSSR count). The van der Waals surface area contributed by atoms with Crippen molar-refractivity contribution in [3.63, 3.8) is 0 Å². The molecule has 0 bridgehead atoms. The largest absolute Gasteiger partial charge is 0.464 e. The minimum absolute atomic E-state index is 0.0237. The fourth-order valence-electron chi connectivity index (χ4n) is 2.58. The molecule has 0 saturated carbocycles. The third-order valence-corrected chi connectivity index (χ3v) is 7.30. The lowest BCUT2D eigenvalue weighted by Gasteiger charge is -2.39. The summed E-state index contributed by atoms with van der Waals surface area (Å²) in [5, 5.41) is 6.95. The minimum atomic E-state index is -0.820. The van der Waals surface area contributed by atoms with Crippen molar-refractivity contribution in [3.8, 4) is 0 Å². The van der Waals surface area contributed by atoms with Crippen LogP contribution < -0.4 is 5.01 Å². The van der Waals surface area contributed by atoms with Crippen LogP contribution in [0, 0.1) is 0 Å². The topological polar surface area (TPSA) is 62.2 Å². The first-order valence-electron chi connectivity index (χ1n) is 7.36. The van der Waals surface area contributed by atoms with Crippen LogP contribution in [0.5, 0.6) is 0 Å². The summed E-state index contributed by atoms with van der Waals surface area (Å²) in [6.07, 6.45) is 0. The maximum absolute atomic E-state index is 12.1. The van der Waals surface area contributed by atoms with Gasteiger partial charge in [-0.05, 0) is 43.8 Å². The van der Waals surface area contributed by atoms with Crippen LogP contribution in [-0.2, 0) is 14.3 Å². The molecule has 9 heteroatoms. The molecule has 2 aliphatic heterocycles. The van der Waals surface area contributed by atoms with Gasteiger partial charge in [-0.2, -0.15) is 5.10 Å². The Labute approximate surface area is 159 Å². The van der Waals surface area contributed by atoms with Gasteiger partial charge in [-0.15, -0.1) is 0 Å². The number of ether oxygens (including phenoxy) is 1. The zero-order valence-corrected chi connectivity index (χ0v) is 16.5. The number of anilines is 1. The van der Waals surface area contributed by atoms with Crippen molar-refractivity contribution in [3.05, 3.63) is 39.9 Å². The molecule has 0 saturated heterocycles. The monoisotopic (exact) mass is 397 g/mol. The van der Waals surface area contributed by atoms with Crippen LogP contribution in [0.1, 0.15) is 13.8 Å². The van der Waals surface area contributed by atoms with E-state index in [4.69, 9.17) is 16.3 Å². The number of Topliss-reactive ketones (excluding diaryl/α,β-unsaturated/α-hetero) is 1. The molecule has 0 radical (unpaired) electrons. The summed E-state index contributed by atoms with van der Waals surface area (Å²) >= 11 is 8.74. The molecule has 0 N–H and O–H groups in total. The van der Waals surface area contributed by atoms with Gasteiger partial charge in [-0.25, -0.2) is 9.80 Å². The second-order valence-electron chi connectivity index (χ2n) is 5.47. The predicted octanol–water partition coefficient (Wildman–Crippen LogP) is 3.49. The fourth-order valence-corrected chi connectivity index (χ4v) is 5.67. The molecule has 0 aromatic heterocycles. The second kappa shape index (κ2) is 6.59. The third kappa shape index (κ3) is 2.92. The summed E-state index contributed by atoms with van der Waals surface area (Å²) in [6.45, 7) is 3.41. The van der Waals surface area contributed by atoms with Crippen molar-refractivity contribution in [2.45, 2.75) is 18.2 Å². The molecule has 1 aromatic carbocycles. The average Bonchev–Trinajstić information content (AvgIpc) is 3.08. The summed E-state index contributed by atoms with van der Waals surface area (Å²) in [7, 11) is 3.19. The van der Waals surface area contributed by atoms with E-state index in [1.807, 2.05) is 31.0 Å². The van der Waals surface area contributed by atoms with Crippen LogP contribution in [-0.4, -0.2) is 40.2 Å². The zero-order valence-electron chi connectivity index (χ0n) is 14.1. The second-order valence-corrected chi connectivity index (χ2v) is 8.51. The van der Waals surface area contributed by atoms with E-state index in [9.17, 15) is 9.59 Å². The summed E-state index contributed by atoms with van der Waals surface area (Å²) in [6, 6.07) is 7.20. The van der Waals surface area contributed by atoms with Crippen LogP contribution >= 0.6 is 35.1 Å². The van der Waals surface area contributed by atoms with Gasteiger partial charge in [-0.1, -0.05) is 29.4 Å². The number of benzene rings is 1. The molecule has 2 aliphatic rings. The van der Waals surface area contributed by atoms with Gasteiger partial charge in [0.1, 0.15) is 0 Å². The number of hydrogen-bond acceptors (Lipinski definition) is 8. The van der Waals surface area contributed by atoms with E-state index in [0.29, 0.717) is 9.93 Å². The predicted molar refractivity (Wildman–Crippen MR) is 102 cm³/mol. The van der Waals surface area contributed by atoms with Gasteiger partial charge < -0.3 is 9.64 Å². The zero-order chi connectivity index (χ0) is 18.4. The van der Waals surface area contributed by atoms with Crippen LogP contribution in [0.3, 0.4) is 0 Å². The molecule has 1 spiro atoms. The van der Waals surface area contributed by atoms with Gasteiger partial charge in [-0.3, -0.25) is 4.79 Å². The summed E-state index contributed by atoms with van der Waals surface area (Å²) in [5.74, 6) is -0.541. The summed E-state index contributed by atoms with van der Waals surface area (Å²) in [4.78, 5) is 26.7. The SMILES string of the molecule is COC(=O)C1=NN(c2cccc(Cl)c2)[C@]2(S1)SC(C(C)=O)=C(C)N2C. The summed E-state index contributed by atoms with van der Waals surface area (Å²) < 4.78 is 4.01. The van der Waals surface area contributed by atoms with E-state index in [2.05, 4.69) is 5.10 Å². The first kappa shape index (κ1) is 18.2. The van der Waals surface area contributed by atoms with Crippen LogP contribution in [0.25, 0.3) is 0 Å². The lowest BCUT2D eigenvalue weighted by molar-refractivity contribution is -0.132. The standard InChI is InChI=1S/C16H16ClN3O3S2/c1-9-13(10(2)21)24-16(19(9)3)20(12-7-5-6-11(17)8-12)18-14(25-16)15(22)23-4/h5-8H,1-4H3/t16-/m0/s1. The smallest absolute Gasteiger partial charge is 0.365 e. The Balaban J connectivity index is 2.10. The lowest BCUT2D eigenvalue weighted by Crippen LogP contribution is -2.47. The lowest BCUT2D eigenvalue weighted by atomic mass is 10.3. The van der Waals surface area contributed by atoms with E-state index in [-0.39, 0.29) is 10.8 Å². The normalized spacial score (nSPS) is 22.7. The number of esters is 1. The van der Waals surface area contributed by atoms with E-state index >= 15 is 0 Å². The maximum Gasteiger partial charge on any atom is 0.365 e. The number of nitrogens with zero attached hydrogens (tertiary/aromatic N) is 3. The van der Waals surface area contributed by atoms with Gasteiger partial charge >= 0.3 is 5.97 Å². The molecule has 1 aromatic rings. The van der Waals surface area contributed by atoms with Crippen molar-refractivity contribution in [2.24, 2.45) is 5.10 Å². The highest BCUT2D eigenvalue weighted by molar-refractivity contribution is 8.28. The van der Waals surface area contributed by atoms with Gasteiger partial charge in [0.25, 0.3) is 0 Å². The number of hydrazone groups is 1. The molecule has 132 valence electrons. The van der Waals surface area contributed by atoms with E-state index in [1.165, 1.54) is 37.6 Å². The molecule has 0 aliphatic carbocycles. The van der Waals surface area contributed by atoms with Crippen molar-refractivity contribution >= 4 is 57.6 Å². The average molecular weight is 398 g/mol. The molecule has 6 nitrogen and oxygen atoms in total. The van der Waals surface area contributed by atoms with Crippen LogP contribution in [0.2, 0.25) is 5.02 Å². The first-order chi connectivity index (χ1) is 11.8. The molecule has 25 heavy (non-hydrogen) atoms. The van der Waals surface area contributed by atoms with Crippen molar-refractivity contribution < 1.29 is 14.3 Å². The van der Waals surface area contributed by atoms with Crippen LogP contribution in [0.15, 0.2) is 40.0 Å². The van der Waals surface area contributed by atoms with E-state index < -0.39 is 10.3 Å². The molecule has 0 fully saturated rings. The quantitative estimate of drug-likeness (QED) is 0.723. The number of methoxy groups -OCH3 is 1. The number of halogens is 1. The number of carbonyl (C=O) groups is 2. The van der Waals surface area contributed by atoms with Crippen molar-refractivity contribution in [1.29, 1.82) is 0 Å². The number of thioether (sulfide) groups is 2. The Hall–Kier alpha value is -1.64. The molecule has 1 atom stereocenters. The highest BCUT2D eigenvalue weighted by Crippen LogP contribution is 2.58. The van der Waals surface area contributed by atoms with E-state index in [1.54, 1.807) is 17.1 Å². The highest BCUT2D eigenvalue weighted by Gasteiger charge is 2.56. The van der Waals surface area contributed by atoms with Gasteiger partial charge in [0.15, 0.2) is 5.78 Å². The van der Waals surface area contributed by atoms with Crippen molar-refractivity contribution in [2.75, 3.05) is 19.2 Å². The Morgan fingerprint density at radius 1 is 1.32 bits per heavy atom. The number of ketones is 1. The van der Waals surface area contributed by atoms with Crippen LogP contribution in [0.4, 0.5) is 5.69 Å². The third-order valence-electron chi connectivity index (χ3n) is 3.91.